The molecule has 0 saturated carbocycles. The van der Waals surface area contributed by atoms with Gasteiger partial charge in [-0.1, -0.05) is 18.2 Å². The van der Waals surface area contributed by atoms with E-state index in [4.69, 9.17) is 5.41 Å². The zero-order valence-corrected chi connectivity index (χ0v) is 14.6. The van der Waals surface area contributed by atoms with E-state index < -0.39 is 0 Å². The molecule has 1 N–H and O–H groups in total. The topological polar surface area (TPSA) is 59.5 Å². The number of nitrogens with one attached hydrogen (secondary N) is 1. The number of fused-ring (bicyclic) bond motifs is 1. The molecule has 0 spiro atoms. The van der Waals surface area contributed by atoms with Gasteiger partial charge in [0, 0.05) is 17.3 Å². The molecule has 0 aliphatic heterocycles. The van der Waals surface area contributed by atoms with Crippen molar-refractivity contribution in [1.29, 1.82) is 5.41 Å². The third-order valence-electron chi connectivity index (χ3n) is 4.44. The summed E-state index contributed by atoms with van der Waals surface area (Å²) in [6.07, 6.45) is 3.43. The average molecular weight is 335 g/mol. The monoisotopic (exact) mass is 335 g/mol. The highest BCUT2D eigenvalue weighted by atomic mass is 32.1. The number of hydrogen-bond acceptors (Lipinski definition) is 4. The van der Waals surface area contributed by atoms with E-state index in [1.807, 2.05) is 17.5 Å². The van der Waals surface area contributed by atoms with E-state index in [2.05, 4.69) is 47.4 Å². The van der Waals surface area contributed by atoms with Crippen LogP contribution >= 0.6 is 11.3 Å². The van der Waals surface area contributed by atoms with Crippen molar-refractivity contribution in [1.82, 2.24) is 19.1 Å². The van der Waals surface area contributed by atoms with Crippen molar-refractivity contribution in [2.75, 3.05) is 0 Å². The number of nitrogens with zero attached hydrogens (tertiary/aromatic N) is 4. The van der Waals surface area contributed by atoms with Crippen LogP contribution in [0.15, 0.2) is 42.2 Å². The Labute approximate surface area is 143 Å². The second-order valence-corrected chi connectivity index (χ2v) is 6.68. The van der Waals surface area contributed by atoms with Crippen molar-refractivity contribution in [2.45, 2.75) is 20.8 Å². The third-order valence-corrected chi connectivity index (χ3v) is 5.21. The largest absolute Gasteiger partial charge is 0.298 e. The molecule has 0 aliphatic rings. The van der Waals surface area contributed by atoms with Crippen LogP contribution in [0.4, 0.5) is 0 Å². The van der Waals surface area contributed by atoms with Gasteiger partial charge in [0.25, 0.3) is 0 Å². The van der Waals surface area contributed by atoms with Crippen LogP contribution in [0.2, 0.25) is 0 Å². The van der Waals surface area contributed by atoms with Gasteiger partial charge in [-0.25, -0.2) is 9.97 Å². The minimum Gasteiger partial charge on any atom is -0.298 e. The maximum atomic E-state index is 8.66. The van der Waals surface area contributed by atoms with Crippen LogP contribution < -0.4 is 5.49 Å². The molecule has 0 aliphatic carbocycles. The molecule has 0 unspecified atom stereocenters. The van der Waals surface area contributed by atoms with Crippen LogP contribution in [0.3, 0.4) is 0 Å². The van der Waals surface area contributed by atoms with E-state index in [0.717, 1.165) is 33.1 Å². The number of hydrogen-bond donors (Lipinski definition) is 1. The first-order chi connectivity index (χ1) is 11.6. The third kappa shape index (κ3) is 2.03. The summed E-state index contributed by atoms with van der Waals surface area (Å²) in [7, 11) is 0. The summed E-state index contributed by atoms with van der Waals surface area (Å²) >= 11 is 1.50. The molecular weight excluding hydrogens is 318 g/mol. The fourth-order valence-corrected chi connectivity index (χ4v) is 3.69. The lowest BCUT2D eigenvalue weighted by Gasteiger charge is -2.11. The van der Waals surface area contributed by atoms with Crippen LogP contribution in [0.1, 0.15) is 16.8 Å². The average Bonchev–Trinajstić information content (AvgIpc) is 3.18. The second-order valence-electron chi connectivity index (χ2n) is 5.81. The molecule has 1 aromatic carbocycles. The van der Waals surface area contributed by atoms with Gasteiger partial charge in [-0.05, 0) is 38.0 Å². The first-order valence-electron chi connectivity index (χ1n) is 7.69. The molecule has 3 aromatic heterocycles. The summed E-state index contributed by atoms with van der Waals surface area (Å²) in [5.74, 6) is 0. The summed E-state index contributed by atoms with van der Waals surface area (Å²) < 4.78 is 3.88. The number of aryl methyl sites for hydroxylation is 2. The highest BCUT2D eigenvalue weighted by Crippen LogP contribution is 2.27. The molecule has 4 aromatic rings. The summed E-state index contributed by atoms with van der Waals surface area (Å²) in [6, 6.07) is 8.25. The number of benzene rings is 1. The zero-order chi connectivity index (χ0) is 16.8. The number of rotatable bonds is 2. The molecule has 3 heterocycles. The highest BCUT2D eigenvalue weighted by Gasteiger charge is 2.18. The van der Waals surface area contributed by atoms with Gasteiger partial charge in [0.05, 0.1) is 11.1 Å². The van der Waals surface area contributed by atoms with Gasteiger partial charge in [-0.3, -0.25) is 14.5 Å². The molecule has 0 radical (unpaired) electrons. The Morgan fingerprint density at radius 2 is 1.88 bits per heavy atom. The molecule has 0 fully saturated rings. The van der Waals surface area contributed by atoms with Crippen molar-refractivity contribution in [2.24, 2.45) is 0 Å². The number of aromatic nitrogens is 4. The van der Waals surface area contributed by atoms with E-state index in [1.165, 1.54) is 16.9 Å². The molecule has 4 rings (SSSR count). The fraction of sp³-hybridized carbons (Fsp3) is 0.167. The van der Waals surface area contributed by atoms with Crippen molar-refractivity contribution in [3.05, 3.63) is 64.5 Å². The first kappa shape index (κ1) is 14.8. The van der Waals surface area contributed by atoms with Gasteiger partial charge in [-0.2, -0.15) is 0 Å². The van der Waals surface area contributed by atoms with Crippen molar-refractivity contribution in [3.63, 3.8) is 0 Å². The minimum atomic E-state index is 0.419. The van der Waals surface area contributed by atoms with Gasteiger partial charge >= 0.3 is 0 Å². The van der Waals surface area contributed by atoms with E-state index >= 15 is 0 Å². The lowest BCUT2D eigenvalue weighted by Crippen LogP contribution is -2.19. The summed E-state index contributed by atoms with van der Waals surface area (Å²) in [5, 5.41) is 12.2. The van der Waals surface area contributed by atoms with Crippen molar-refractivity contribution in [3.8, 4) is 10.8 Å². The molecular formula is C18H17N5S. The fourth-order valence-electron chi connectivity index (χ4n) is 3.07. The molecule has 5 nitrogen and oxygen atoms in total. The van der Waals surface area contributed by atoms with Crippen LogP contribution in [-0.4, -0.2) is 19.1 Å². The lowest BCUT2D eigenvalue weighted by atomic mass is 10.2. The molecule has 120 valence electrons. The second kappa shape index (κ2) is 5.42. The number of thiazole rings is 1. The maximum absolute atomic E-state index is 8.66. The van der Waals surface area contributed by atoms with E-state index in [1.54, 1.807) is 17.1 Å². The van der Waals surface area contributed by atoms with Crippen molar-refractivity contribution < 1.29 is 0 Å². The highest BCUT2D eigenvalue weighted by molar-refractivity contribution is 7.12. The normalized spacial score (nSPS) is 11.3. The van der Waals surface area contributed by atoms with Crippen LogP contribution in [-0.2, 0) is 0 Å². The van der Waals surface area contributed by atoms with Crippen LogP contribution in [0, 0.1) is 26.2 Å². The van der Waals surface area contributed by atoms with Crippen LogP contribution in [0.25, 0.3) is 21.9 Å². The van der Waals surface area contributed by atoms with E-state index in [0.29, 0.717) is 5.49 Å². The molecule has 0 atom stereocenters. The minimum absolute atomic E-state index is 0.419. The van der Waals surface area contributed by atoms with Gasteiger partial charge in [0.2, 0.25) is 0 Å². The smallest absolute Gasteiger partial charge is 0.196 e. The molecule has 0 amide bonds. The SMILES string of the molecule is Cc1ccccc1-n1c(C)c(C)c2c(=N)n(-c3nccs3)cnc21. The van der Waals surface area contributed by atoms with Gasteiger partial charge in [0.1, 0.15) is 17.5 Å². The Morgan fingerprint density at radius 3 is 2.58 bits per heavy atom. The Balaban J connectivity index is 2.09. The maximum Gasteiger partial charge on any atom is 0.196 e. The van der Waals surface area contributed by atoms with Gasteiger partial charge in [0.15, 0.2) is 5.13 Å². The molecule has 6 heteroatoms. The van der Waals surface area contributed by atoms with E-state index in [9.17, 15) is 0 Å². The van der Waals surface area contributed by atoms with Crippen molar-refractivity contribution >= 4 is 22.4 Å². The Bertz CT molecular complexity index is 1100. The molecule has 0 bridgehead atoms. The predicted molar refractivity (Wildman–Crippen MR) is 96.1 cm³/mol. The lowest BCUT2D eigenvalue weighted by molar-refractivity contribution is 0.891. The van der Waals surface area contributed by atoms with Gasteiger partial charge in [-0.15, -0.1) is 11.3 Å². The summed E-state index contributed by atoms with van der Waals surface area (Å²) in [4.78, 5) is 8.97. The summed E-state index contributed by atoms with van der Waals surface area (Å²) in [5.41, 5.74) is 5.71. The number of para-hydroxylation sites is 1. The zero-order valence-electron chi connectivity index (χ0n) is 13.7. The van der Waals surface area contributed by atoms with Crippen LogP contribution in [0.5, 0.6) is 0 Å². The standard InChI is InChI=1S/C18H17N5S/c1-11-6-4-5-7-14(11)23-13(3)12(2)15-16(19)22(10-21-17(15)23)18-20-8-9-24-18/h4-10,19H,1-3H3. The molecule has 0 saturated heterocycles. The Hall–Kier alpha value is -2.73. The van der Waals surface area contributed by atoms with E-state index in [-0.39, 0.29) is 0 Å². The Morgan fingerprint density at radius 1 is 1.08 bits per heavy atom. The van der Waals surface area contributed by atoms with Gasteiger partial charge < -0.3 is 0 Å². The first-order valence-corrected chi connectivity index (χ1v) is 8.57. The molecule has 24 heavy (non-hydrogen) atoms. The Kier molecular flexibility index (Phi) is 3.35. The predicted octanol–water partition coefficient (Wildman–Crippen LogP) is 3.68. The quantitative estimate of drug-likeness (QED) is 0.607. The summed E-state index contributed by atoms with van der Waals surface area (Å²) in [6.45, 7) is 6.23.